The van der Waals surface area contributed by atoms with Gasteiger partial charge in [-0.1, -0.05) is 0 Å². The Kier molecular flexibility index (Phi) is 5.22. The molecule has 1 aromatic carbocycles. The number of fused-ring (bicyclic) bond motifs is 1. The number of amides is 1. The summed E-state index contributed by atoms with van der Waals surface area (Å²) in [7, 11) is 1.72. The fourth-order valence-electron chi connectivity index (χ4n) is 5.49. The number of carbonyl (C=O) groups excluding carboxylic acids is 1. The molecule has 156 valence electrons. The molecule has 1 atom stereocenters. The maximum atomic E-state index is 13.1. The van der Waals surface area contributed by atoms with Crippen molar-refractivity contribution in [2.24, 2.45) is 0 Å². The van der Waals surface area contributed by atoms with Gasteiger partial charge in [0, 0.05) is 42.9 Å². The van der Waals surface area contributed by atoms with E-state index in [1.165, 1.54) is 16.5 Å². The molecule has 6 nitrogen and oxygen atoms in total. The van der Waals surface area contributed by atoms with Crippen molar-refractivity contribution in [1.82, 2.24) is 14.8 Å². The Hall–Kier alpha value is -2.05. The van der Waals surface area contributed by atoms with Crippen LogP contribution >= 0.6 is 0 Å². The zero-order valence-corrected chi connectivity index (χ0v) is 17.2. The number of hydrogen-bond donors (Lipinski definition) is 1. The van der Waals surface area contributed by atoms with Crippen LogP contribution in [0.3, 0.4) is 0 Å². The van der Waals surface area contributed by atoms with Crippen LogP contribution in [-0.2, 0) is 9.53 Å². The Labute approximate surface area is 172 Å². The third kappa shape index (κ3) is 3.53. The highest BCUT2D eigenvalue weighted by Gasteiger charge is 2.40. The monoisotopic (exact) mass is 397 g/mol. The summed E-state index contributed by atoms with van der Waals surface area (Å²) in [4.78, 5) is 21.1. The number of piperidine rings is 1. The smallest absolute Gasteiger partial charge is 0.240 e. The predicted molar refractivity (Wildman–Crippen MR) is 112 cm³/mol. The first kappa shape index (κ1) is 18.9. The quantitative estimate of drug-likeness (QED) is 0.861. The molecule has 29 heavy (non-hydrogen) atoms. The van der Waals surface area contributed by atoms with Crippen molar-refractivity contribution in [3.05, 3.63) is 30.0 Å². The van der Waals surface area contributed by atoms with Gasteiger partial charge in [0.15, 0.2) is 0 Å². The summed E-state index contributed by atoms with van der Waals surface area (Å²) in [6.07, 6.45) is 7.33. The molecule has 0 bridgehead atoms. The van der Waals surface area contributed by atoms with Gasteiger partial charge >= 0.3 is 0 Å². The Bertz CT molecular complexity index is 865. The highest BCUT2D eigenvalue weighted by atomic mass is 16.5. The molecule has 3 aliphatic heterocycles. The van der Waals surface area contributed by atoms with E-state index in [0.29, 0.717) is 17.9 Å². The molecule has 0 radical (unpaired) electrons. The normalized spacial score (nSPS) is 25.2. The van der Waals surface area contributed by atoms with E-state index in [4.69, 9.17) is 9.47 Å². The molecule has 6 heteroatoms. The van der Waals surface area contributed by atoms with Crippen molar-refractivity contribution < 1.29 is 14.3 Å². The van der Waals surface area contributed by atoms with Crippen molar-refractivity contribution in [2.75, 3.05) is 40.0 Å². The molecule has 3 fully saturated rings. The van der Waals surface area contributed by atoms with Gasteiger partial charge in [0.1, 0.15) is 5.75 Å². The van der Waals surface area contributed by atoms with E-state index < -0.39 is 0 Å². The fraction of sp³-hybridized carbons (Fsp3) is 0.609. The summed E-state index contributed by atoms with van der Waals surface area (Å²) < 4.78 is 10.9. The number of hydrogen-bond acceptors (Lipinski definition) is 4. The molecule has 1 amide bonds. The third-order valence-electron chi connectivity index (χ3n) is 7.17. The molecule has 4 heterocycles. The second-order valence-electron chi connectivity index (χ2n) is 8.65. The molecule has 0 aliphatic carbocycles. The molecule has 1 aromatic heterocycles. The highest BCUT2D eigenvalue weighted by Crippen LogP contribution is 2.36. The van der Waals surface area contributed by atoms with Crippen molar-refractivity contribution in [2.45, 2.75) is 50.1 Å². The largest absolute Gasteiger partial charge is 0.497 e. The summed E-state index contributed by atoms with van der Waals surface area (Å²) >= 11 is 0. The number of H-pyrrole nitrogens is 1. The summed E-state index contributed by atoms with van der Waals surface area (Å²) in [5.74, 6) is 1.79. The number of ether oxygens (including phenoxy) is 2. The average molecular weight is 398 g/mol. The second-order valence-corrected chi connectivity index (χ2v) is 8.65. The fourth-order valence-corrected chi connectivity index (χ4v) is 5.49. The summed E-state index contributed by atoms with van der Waals surface area (Å²) in [6, 6.07) is 6.71. The Morgan fingerprint density at radius 3 is 2.62 bits per heavy atom. The number of likely N-dealkylation sites (tertiary alicyclic amines) is 2. The van der Waals surface area contributed by atoms with E-state index in [9.17, 15) is 4.79 Å². The number of aromatic nitrogens is 1. The molecule has 3 saturated heterocycles. The molecule has 2 aromatic rings. The standard InChI is InChI=1S/C23H31N3O3/c1-28-18-2-3-21-19(14-18)20(15-24-21)16-4-9-25(10-5-16)22-6-11-26(23(22)27)17-7-12-29-13-8-17/h2-3,14-17,22,24H,4-13H2,1H3/t22-/m1/s1. The number of benzene rings is 1. The maximum absolute atomic E-state index is 13.1. The molecular formula is C23H31N3O3. The second kappa shape index (κ2) is 8.00. The van der Waals surface area contributed by atoms with Crippen LogP contribution in [0.25, 0.3) is 10.9 Å². The van der Waals surface area contributed by atoms with Crippen LogP contribution in [0.4, 0.5) is 0 Å². The number of methoxy groups -OCH3 is 1. The number of carbonyl (C=O) groups is 1. The number of rotatable bonds is 4. The topological polar surface area (TPSA) is 57.8 Å². The van der Waals surface area contributed by atoms with Gasteiger partial charge in [-0.15, -0.1) is 0 Å². The Morgan fingerprint density at radius 2 is 1.86 bits per heavy atom. The molecule has 0 spiro atoms. The Morgan fingerprint density at radius 1 is 1.07 bits per heavy atom. The van der Waals surface area contributed by atoms with E-state index in [2.05, 4.69) is 33.1 Å². The lowest BCUT2D eigenvalue weighted by Crippen LogP contribution is -2.48. The van der Waals surface area contributed by atoms with E-state index in [1.807, 2.05) is 6.07 Å². The van der Waals surface area contributed by atoms with Gasteiger partial charge < -0.3 is 19.4 Å². The van der Waals surface area contributed by atoms with Crippen molar-refractivity contribution in [3.8, 4) is 5.75 Å². The van der Waals surface area contributed by atoms with Gasteiger partial charge in [-0.25, -0.2) is 0 Å². The predicted octanol–water partition coefficient (Wildman–Crippen LogP) is 3.14. The number of aromatic amines is 1. The minimum absolute atomic E-state index is 0.0851. The highest BCUT2D eigenvalue weighted by molar-refractivity contribution is 5.85. The third-order valence-corrected chi connectivity index (χ3v) is 7.17. The lowest BCUT2D eigenvalue weighted by Gasteiger charge is -2.36. The molecule has 0 unspecified atom stereocenters. The van der Waals surface area contributed by atoms with E-state index in [0.717, 1.165) is 70.7 Å². The van der Waals surface area contributed by atoms with Crippen LogP contribution in [0, 0.1) is 0 Å². The minimum Gasteiger partial charge on any atom is -0.497 e. The first-order valence-electron chi connectivity index (χ1n) is 11.0. The van der Waals surface area contributed by atoms with Gasteiger partial charge in [0.2, 0.25) is 5.91 Å². The molecule has 1 N–H and O–H groups in total. The van der Waals surface area contributed by atoms with Gasteiger partial charge in [-0.05, 0) is 74.9 Å². The number of nitrogens with one attached hydrogen (secondary N) is 1. The zero-order valence-electron chi connectivity index (χ0n) is 17.2. The van der Waals surface area contributed by atoms with Crippen LogP contribution in [0.1, 0.15) is 43.6 Å². The van der Waals surface area contributed by atoms with Crippen LogP contribution in [0.2, 0.25) is 0 Å². The lowest BCUT2D eigenvalue weighted by atomic mass is 9.88. The van der Waals surface area contributed by atoms with E-state index >= 15 is 0 Å². The van der Waals surface area contributed by atoms with Crippen molar-refractivity contribution >= 4 is 16.8 Å². The van der Waals surface area contributed by atoms with Gasteiger partial charge in [-0.2, -0.15) is 0 Å². The molecule has 3 aliphatic rings. The lowest BCUT2D eigenvalue weighted by molar-refractivity contribution is -0.136. The van der Waals surface area contributed by atoms with Gasteiger partial charge in [0.25, 0.3) is 0 Å². The van der Waals surface area contributed by atoms with Crippen LogP contribution < -0.4 is 4.74 Å². The first-order valence-corrected chi connectivity index (χ1v) is 11.0. The summed E-state index contributed by atoms with van der Waals surface area (Å²) in [6.45, 7) is 4.49. The van der Waals surface area contributed by atoms with E-state index in [-0.39, 0.29) is 6.04 Å². The summed E-state index contributed by atoms with van der Waals surface area (Å²) in [5.41, 5.74) is 2.56. The molecule has 0 saturated carbocycles. The SMILES string of the molecule is COc1ccc2[nH]cc(C3CCN([C@@H]4CCN(C5CCOCC5)C4=O)CC3)c2c1. The maximum Gasteiger partial charge on any atom is 0.240 e. The molecule has 5 rings (SSSR count). The van der Waals surface area contributed by atoms with Crippen LogP contribution in [0.15, 0.2) is 24.4 Å². The first-order chi connectivity index (χ1) is 14.2. The van der Waals surface area contributed by atoms with E-state index in [1.54, 1.807) is 7.11 Å². The van der Waals surface area contributed by atoms with Crippen molar-refractivity contribution in [3.63, 3.8) is 0 Å². The van der Waals surface area contributed by atoms with Crippen LogP contribution in [-0.4, -0.2) is 72.7 Å². The van der Waals surface area contributed by atoms with Crippen LogP contribution in [0.5, 0.6) is 5.75 Å². The zero-order chi connectivity index (χ0) is 19.8. The number of nitrogens with zero attached hydrogens (tertiary/aromatic N) is 2. The average Bonchev–Trinajstić information content (AvgIpc) is 3.37. The summed E-state index contributed by atoms with van der Waals surface area (Å²) in [5, 5.41) is 1.27. The minimum atomic E-state index is 0.0851. The van der Waals surface area contributed by atoms with Crippen molar-refractivity contribution in [1.29, 1.82) is 0 Å². The van der Waals surface area contributed by atoms with Gasteiger partial charge in [-0.3, -0.25) is 9.69 Å². The Balaban J connectivity index is 1.23. The van der Waals surface area contributed by atoms with Gasteiger partial charge in [0.05, 0.1) is 13.2 Å². The molecular weight excluding hydrogens is 366 g/mol.